The molecule has 3 rings (SSSR count). The zero-order valence-corrected chi connectivity index (χ0v) is 25.2. The van der Waals surface area contributed by atoms with Gasteiger partial charge in [0, 0.05) is 24.3 Å². The Labute approximate surface area is 236 Å². The average Bonchev–Trinajstić information content (AvgIpc) is 2.87. The van der Waals surface area contributed by atoms with Crippen LogP contribution in [0.5, 0.6) is 0 Å². The topological polar surface area (TPSA) is 68.3 Å². The van der Waals surface area contributed by atoms with Crippen molar-refractivity contribution >= 4 is 23.1 Å². The van der Waals surface area contributed by atoms with Crippen LogP contribution in [0, 0.1) is 24.7 Å². The summed E-state index contributed by atoms with van der Waals surface area (Å²) in [5.41, 5.74) is 6.31. The van der Waals surface area contributed by atoms with Gasteiger partial charge in [0.15, 0.2) is 5.78 Å². The summed E-state index contributed by atoms with van der Waals surface area (Å²) in [6.07, 6.45) is 6.27. The van der Waals surface area contributed by atoms with Crippen LogP contribution in [0.15, 0.2) is 36.4 Å². The first-order valence-electron chi connectivity index (χ1n) is 14.8. The van der Waals surface area contributed by atoms with Crippen LogP contribution >= 0.6 is 0 Å². The van der Waals surface area contributed by atoms with E-state index in [1.807, 2.05) is 19.9 Å². The number of benzene rings is 2. The minimum atomic E-state index is -0.130. The van der Waals surface area contributed by atoms with Gasteiger partial charge < -0.3 is 4.79 Å². The molecular formula is C35H48O4. The summed E-state index contributed by atoms with van der Waals surface area (Å²) >= 11 is 0. The van der Waals surface area contributed by atoms with Crippen molar-refractivity contribution < 1.29 is 19.2 Å². The molecule has 0 aromatic heterocycles. The molecule has 4 nitrogen and oxygen atoms in total. The Kier molecular flexibility index (Phi) is 13.0. The summed E-state index contributed by atoms with van der Waals surface area (Å²) in [5.74, 6) is 0.573. The van der Waals surface area contributed by atoms with Crippen LogP contribution < -0.4 is 0 Å². The van der Waals surface area contributed by atoms with E-state index in [2.05, 4.69) is 51.1 Å². The highest BCUT2D eigenvalue weighted by Gasteiger charge is 2.33. The van der Waals surface area contributed by atoms with Gasteiger partial charge in [-0.05, 0) is 86.1 Å². The summed E-state index contributed by atoms with van der Waals surface area (Å²) in [4.78, 5) is 49.0. The number of hydrogen-bond acceptors (Lipinski definition) is 4. The van der Waals surface area contributed by atoms with E-state index in [1.54, 1.807) is 6.92 Å². The van der Waals surface area contributed by atoms with E-state index in [9.17, 15) is 19.2 Å². The van der Waals surface area contributed by atoms with Crippen LogP contribution in [0.1, 0.15) is 114 Å². The van der Waals surface area contributed by atoms with Crippen molar-refractivity contribution in [2.75, 3.05) is 0 Å². The van der Waals surface area contributed by atoms with Gasteiger partial charge in [-0.25, -0.2) is 0 Å². The first-order valence-corrected chi connectivity index (χ1v) is 14.8. The molecule has 0 spiro atoms. The number of aryl methyl sites for hydroxylation is 2. The molecule has 1 aliphatic rings. The molecule has 0 heterocycles. The second kappa shape index (κ2) is 15.6. The van der Waals surface area contributed by atoms with Gasteiger partial charge >= 0.3 is 0 Å². The second-order valence-corrected chi connectivity index (χ2v) is 11.4. The largest absolute Gasteiger partial charge is 0.300 e. The average molecular weight is 533 g/mol. The summed E-state index contributed by atoms with van der Waals surface area (Å²) in [7, 11) is 0. The molecule has 1 aliphatic carbocycles. The molecule has 0 bridgehead atoms. The summed E-state index contributed by atoms with van der Waals surface area (Å²) in [6.45, 7) is 13.5. The molecule has 3 unspecified atom stereocenters. The molecule has 3 atom stereocenters. The third-order valence-corrected chi connectivity index (χ3v) is 7.80. The standard InChI is InChI=1S/C32H40O4.C3H8/c1-6-25(27(7-2)30(35)16-22(5)34)17-24-18-29-28(15-8-20(3)32(29)31(36)19-24)26-13-11-23(12-14-26)10-9-21(4)33;1-3-2/h8,11-15,24-25,27H,6-7,9-10,16-19H2,1-5H3;3H2,1-2H3. The number of rotatable bonds is 12. The van der Waals surface area contributed by atoms with E-state index in [1.165, 1.54) is 13.3 Å². The van der Waals surface area contributed by atoms with Crippen molar-refractivity contribution in [2.24, 2.45) is 17.8 Å². The van der Waals surface area contributed by atoms with Gasteiger partial charge in [0.25, 0.3) is 0 Å². The van der Waals surface area contributed by atoms with E-state index < -0.39 is 0 Å². The third-order valence-electron chi connectivity index (χ3n) is 7.80. The van der Waals surface area contributed by atoms with Crippen LogP contribution in [0.3, 0.4) is 0 Å². The smallest absolute Gasteiger partial charge is 0.163 e. The summed E-state index contributed by atoms with van der Waals surface area (Å²) in [6, 6.07) is 12.5. The fourth-order valence-corrected chi connectivity index (χ4v) is 5.94. The molecule has 39 heavy (non-hydrogen) atoms. The van der Waals surface area contributed by atoms with Crippen molar-refractivity contribution in [1.82, 2.24) is 0 Å². The monoisotopic (exact) mass is 532 g/mol. The van der Waals surface area contributed by atoms with Crippen LogP contribution in [0.25, 0.3) is 11.1 Å². The number of carbonyl (C=O) groups excluding carboxylic acids is 4. The summed E-state index contributed by atoms with van der Waals surface area (Å²) in [5, 5.41) is 0. The minimum absolute atomic E-state index is 0.00713. The number of hydrogen-bond donors (Lipinski definition) is 0. The maximum Gasteiger partial charge on any atom is 0.163 e. The van der Waals surface area contributed by atoms with Crippen LogP contribution in [0.4, 0.5) is 0 Å². The van der Waals surface area contributed by atoms with E-state index in [0.29, 0.717) is 12.8 Å². The fourth-order valence-electron chi connectivity index (χ4n) is 5.94. The van der Waals surface area contributed by atoms with Gasteiger partial charge in [-0.15, -0.1) is 0 Å². The van der Waals surface area contributed by atoms with Gasteiger partial charge in [0.05, 0.1) is 6.42 Å². The van der Waals surface area contributed by atoms with Crippen molar-refractivity contribution in [3.8, 4) is 11.1 Å². The number of ketones is 4. The Balaban J connectivity index is 0.00000170. The van der Waals surface area contributed by atoms with Crippen molar-refractivity contribution in [1.29, 1.82) is 0 Å². The zero-order chi connectivity index (χ0) is 29.1. The first-order chi connectivity index (χ1) is 18.6. The van der Waals surface area contributed by atoms with E-state index in [4.69, 9.17) is 0 Å². The van der Waals surface area contributed by atoms with Gasteiger partial charge in [0.1, 0.15) is 17.3 Å². The highest BCUT2D eigenvalue weighted by atomic mass is 16.1. The van der Waals surface area contributed by atoms with Gasteiger partial charge in [0.2, 0.25) is 0 Å². The Morgan fingerprint density at radius 3 is 2.05 bits per heavy atom. The molecule has 212 valence electrons. The molecule has 0 amide bonds. The highest BCUT2D eigenvalue weighted by Crippen LogP contribution is 2.39. The molecule has 2 aromatic carbocycles. The molecule has 0 saturated heterocycles. The third kappa shape index (κ3) is 9.08. The predicted molar refractivity (Wildman–Crippen MR) is 160 cm³/mol. The molecular weight excluding hydrogens is 484 g/mol. The highest BCUT2D eigenvalue weighted by molar-refractivity contribution is 6.02. The van der Waals surface area contributed by atoms with Crippen molar-refractivity contribution in [2.45, 2.75) is 106 Å². The van der Waals surface area contributed by atoms with E-state index in [-0.39, 0.29) is 47.3 Å². The SMILES string of the molecule is CCC.CCC(CC1CC(=O)c2c(C)ccc(-c3ccc(CCC(C)=O)cc3)c2C1)C(CC)C(=O)CC(C)=O. The van der Waals surface area contributed by atoms with Gasteiger partial charge in [-0.2, -0.15) is 0 Å². The number of Topliss-reactive ketones (excluding diaryl/α,β-unsaturated/α-hetero) is 4. The first kappa shape index (κ1) is 32.3. The lowest BCUT2D eigenvalue weighted by Gasteiger charge is -2.32. The van der Waals surface area contributed by atoms with Gasteiger partial charge in [-0.3, -0.25) is 14.4 Å². The van der Waals surface area contributed by atoms with Gasteiger partial charge in [-0.1, -0.05) is 76.9 Å². The van der Waals surface area contributed by atoms with Crippen LogP contribution in [0.2, 0.25) is 0 Å². The predicted octanol–water partition coefficient (Wildman–Crippen LogP) is 8.34. The Morgan fingerprint density at radius 2 is 1.51 bits per heavy atom. The molecule has 0 N–H and O–H groups in total. The van der Waals surface area contributed by atoms with E-state index in [0.717, 1.165) is 65.5 Å². The minimum Gasteiger partial charge on any atom is -0.300 e. The summed E-state index contributed by atoms with van der Waals surface area (Å²) < 4.78 is 0. The Morgan fingerprint density at radius 1 is 0.872 bits per heavy atom. The zero-order valence-electron chi connectivity index (χ0n) is 25.2. The molecule has 0 saturated carbocycles. The number of carbonyl (C=O) groups is 4. The van der Waals surface area contributed by atoms with Crippen molar-refractivity contribution in [3.63, 3.8) is 0 Å². The van der Waals surface area contributed by atoms with E-state index >= 15 is 0 Å². The molecule has 4 heteroatoms. The lowest BCUT2D eigenvalue weighted by molar-refractivity contribution is -0.130. The molecule has 0 aliphatic heterocycles. The Hall–Kier alpha value is -2.88. The van der Waals surface area contributed by atoms with Crippen molar-refractivity contribution in [3.05, 3.63) is 58.7 Å². The molecule has 0 radical (unpaired) electrons. The normalized spacial score (nSPS) is 16.0. The lowest BCUT2D eigenvalue weighted by atomic mass is 9.71. The molecule has 0 fully saturated rings. The maximum atomic E-state index is 13.3. The molecule has 2 aromatic rings. The van der Waals surface area contributed by atoms with Crippen LogP contribution in [-0.2, 0) is 27.2 Å². The Bertz CT molecular complexity index is 1140. The second-order valence-electron chi connectivity index (χ2n) is 11.4. The van der Waals surface area contributed by atoms with Crippen LogP contribution in [-0.4, -0.2) is 23.1 Å². The fraction of sp³-hybridized carbons (Fsp3) is 0.543. The maximum absolute atomic E-state index is 13.3. The lowest BCUT2D eigenvalue weighted by Crippen LogP contribution is -2.29. The quantitative estimate of drug-likeness (QED) is 0.258. The number of fused-ring (bicyclic) bond motifs is 1.